The second kappa shape index (κ2) is 8.65. The molecule has 0 radical (unpaired) electrons. The fourth-order valence-corrected chi connectivity index (χ4v) is 3.63. The Hall–Kier alpha value is -3.59. The van der Waals surface area contributed by atoms with E-state index >= 15 is 0 Å². The highest BCUT2D eigenvalue weighted by Gasteiger charge is 2.15. The van der Waals surface area contributed by atoms with Crippen molar-refractivity contribution in [2.24, 2.45) is 0 Å². The van der Waals surface area contributed by atoms with Crippen molar-refractivity contribution in [1.29, 1.82) is 0 Å². The number of fused-ring (bicyclic) bond motifs is 1. The third-order valence-corrected chi connectivity index (χ3v) is 5.35. The van der Waals surface area contributed by atoms with E-state index < -0.39 is 0 Å². The van der Waals surface area contributed by atoms with Crippen LogP contribution in [0.15, 0.2) is 48.8 Å². The predicted octanol–water partition coefficient (Wildman–Crippen LogP) is 2.77. The van der Waals surface area contributed by atoms with Crippen LogP contribution in [0, 0.1) is 0 Å². The molecule has 4 heterocycles. The Balaban J connectivity index is 1.36. The van der Waals surface area contributed by atoms with Gasteiger partial charge in [-0.25, -0.2) is 9.97 Å². The molecular formula is C22H23N7O2. The average Bonchev–Trinajstić information content (AvgIpc) is 3.22. The average molecular weight is 417 g/mol. The molecule has 31 heavy (non-hydrogen) atoms. The van der Waals surface area contributed by atoms with Gasteiger partial charge in [0.05, 0.1) is 19.0 Å². The second-order valence-corrected chi connectivity index (χ2v) is 7.45. The zero-order chi connectivity index (χ0) is 21.0. The first-order valence-electron chi connectivity index (χ1n) is 10.3. The molecule has 0 amide bonds. The summed E-state index contributed by atoms with van der Waals surface area (Å²) in [7, 11) is 1.66. The van der Waals surface area contributed by atoms with Crippen molar-refractivity contribution in [2.75, 3.05) is 25.6 Å². The lowest BCUT2D eigenvalue weighted by Crippen LogP contribution is -2.28. The first-order valence-corrected chi connectivity index (χ1v) is 10.3. The zero-order valence-corrected chi connectivity index (χ0v) is 17.2. The molecule has 1 aliphatic heterocycles. The van der Waals surface area contributed by atoms with Crippen LogP contribution in [0.4, 0.5) is 5.95 Å². The van der Waals surface area contributed by atoms with Gasteiger partial charge in [-0.05, 0) is 42.7 Å². The van der Waals surface area contributed by atoms with Crippen molar-refractivity contribution in [2.45, 2.75) is 25.3 Å². The zero-order valence-electron chi connectivity index (χ0n) is 17.2. The molecule has 9 nitrogen and oxygen atoms in total. The van der Waals surface area contributed by atoms with E-state index in [1.165, 1.54) is 0 Å². The maximum atomic E-state index is 5.41. The molecule has 0 atom stereocenters. The van der Waals surface area contributed by atoms with E-state index in [0.717, 1.165) is 54.5 Å². The van der Waals surface area contributed by atoms with Gasteiger partial charge in [0.15, 0.2) is 11.5 Å². The minimum Gasteiger partial charge on any atom is -0.497 e. The number of hydrogen-bond acceptors (Lipinski definition) is 8. The summed E-state index contributed by atoms with van der Waals surface area (Å²) in [6.45, 7) is 1.54. The van der Waals surface area contributed by atoms with Crippen LogP contribution < -0.4 is 10.1 Å². The van der Waals surface area contributed by atoms with E-state index in [-0.39, 0.29) is 0 Å². The maximum absolute atomic E-state index is 5.41. The van der Waals surface area contributed by atoms with Gasteiger partial charge in [0.25, 0.3) is 0 Å². The highest BCUT2D eigenvalue weighted by atomic mass is 16.5. The number of aromatic nitrogens is 6. The number of benzene rings is 1. The summed E-state index contributed by atoms with van der Waals surface area (Å²) in [5.41, 5.74) is 3.45. The Bertz CT molecular complexity index is 1170. The van der Waals surface area contributed by atoms with Crippen LogP contribution in [-0.2, 0) is 11.2 Å². The van der Waals surface area contributed by atoms with Crippen LogP contribution in [-0.4, -0.2) is 56.1 Å². The summed E-state index contributed by atoms with van der Waals surface area (Å²) in [5.74, 6) is 2.22. The molecule has 0 unspecified atom stereocenters. The highest BCUT2D eigenvalue weighted by molar-refractivity contribution is 5.63. The Labute approximate surface area is 179 Å². The first kappa shape index (κ1) is 19.4. The van der Waals surface area contributed by atoms with E-state index in [1.54, 1.807) is 24.0 Å². The topological polar surface area (TPSA) is 99.4 Å². The van der Waals surface area contributed by atoms with Crippen LogP contribution in [0.25, 0.3) is 16.9 Å². The number of anilines is 1. The van der Waals surface area contributed by atoms with E-state index in [1.807, 2.05) is 36.4 Å². The van der Waals surface area contributed by atoms with E-state index in [2.05, 4.69) is 30.6 Å². The summed E-state index contributed by atoms with van der Waals surface area (Å²) in [5, 5.41) is 16.6. The van der Waals surface area contributed by atoms with Gasteiger partial charge in [-0.15, -0.1) is 10.2 Å². The molecule has 1 fully saturated rings. The third-order valence-electron chi connectivity index (χ3n) is 5.35. The summed E-state index contributed by atoms with van der Waals surface area (Å²) < 4.78 is 12.4. The number of rotatable bonds is 6. The van der Waals surface area contributed by atoms with Crippen molar-refractivity contribution in [3.05, 3.63) is 60.2 Å². The van der Waals surface area contributed by atoms with E-state index in [0.29, 0.717) is 24.1 Å². The summed E-state index contributed by atoms with van der Waals surface area (Å²) in [6, 6.07) is 12.1. The number of nitrogens with one attached hydrogen (secondary N) is 1. The lowest BCUT2D eigenvalue weighted by atomic mass is 10.1. The highest BCUT2D eigenvalue weighted by Crippen LogP contribution is 2.20. The first-order chi connectivity index (χ1) is 15.3. The fraction of sp³-hybridized carbons (Fsp3) is 0.318. The normalized spacial score (nSPS) is 14.6. The van der Waals surface area contributed by atoms with Gasteiger partial charge < -0.3 is 14.8 Å². The molecule has 158 valence electrons. The molecule has 0 saturated carbocycles. The Morgan fingerprint density at radius 1 is 1.13 bits per heavy atom. The summed E-state index contributed by atoms with van der Waals surface area (Å²) in [6.07, 6.45) is 6.08. The molecule has 1 aromatic carbocycles. The smallest absolute Gasteiger partial charge is 0.223 e. The van der Waals surface area contributed by atoms with Gasteiger partial charge >= 0.3 is 0 Å². The van der Waals surface area contributed by atoms with Crippen molar-refractivity contribution in [3.63, 3.8) is 0 Å². The quantitative estimate of drug-likeness (QED) is 0.511. The van der Waals surface area contributed by atoms with Gasteiger partial charge in [0.1, 0.15) is 5.75 Å². The Kier molecular flexibility index (Phi) is 5.40. The molecule has 1 saturated heterocycles. The minimum absolute atomic E-state index is 0.335. The monoisotopic (exact) mass is 417 g/mol. The molecular weight excluding hydrogens is 394 g/mol. The van der Waals surface area contributed by atoms with Gasteiger partial charge in [-0.1, -0.05) is 12.1 Å². The largest absolute Gasteiger partial charge is 0.497 e. The maximum Gasteiger partial charge on any atom is 0.223 e. The molecule has 4 aromatic rings. The third kappa shape index (κ3) is 4.31. The molecule has 5 rings (SSSR count). The van der Waals surface area contributed by atoms with Crippen LogP contribution in [0.2, 0.25) is 0 Å². The number of ether oxygens (including phenoxy) is 2. The van der Waals surface area contributed by atoms with Gasteiger partial charge in [0, 0.05) is 37.4 Å². The van der Waals surface area contributed by atoms with Crippen LogP contribution >= 0.6 is 0 Å². The SMILES string of the molecule is COc1ccc(Cc2nnc3cc(-c4ccnc(NC5CCOCC5)n4)cnn23)cc1. The molecule has 0 aliphatic carbocycles. The Morgan fingerprint density at radius 3 is 2.77 bits per heavy atom. The van der Waals surface area contributed by atoms with Gasteiger partial charge in [-0.2, -0.15) is 9.61 Å². The van der Waals surface area contributed by atoms with Crippen molar-refractivity contribution >= 4 is 11.6 Å². The molecule has 9 heteroatoms. The van der Waals surface area contributed by atoms with Crippen LogP contribution in [0.3, 0.4) is 0 Å². The molecule has 1 aliphatic rings. The lowest BCUT2D eigenvalue weighted by Gasteiger charge is -2.23. The van der Waals surface area contributed by atoms with Crippen molar-refractivity contribution in [1.82, 2.24) is 29.8 Å². The number of methoxy groups -OCH3 is 1. The van der Waals surface area contributed by atoms with Gasteiger partial charge in [-0.3, -0.25) is 0 Å². The van der Waals surface area contributed by atoms with Crippen LogP contribution in [0.5, 0.6) is 5.75 Å². The fourth-order valence-electron chi connectivity index (χ4n) is 3.63. The predicted molar refractivity (Wildman–Crippen MR) is 115 cm³/mol. The number of hydrogen-bond donors (Lipinski definition) is 1. The van der Waals surface area contributed by atoms with E-state index in [9.17, 15) is 0 Å². The molecule has 1 N–H and O–H groups in total. The van der Waals surface area contributed by atoms with Crippen LogP contribution in [0.1, 0.15) is 24.2 Å². The van der Waals surface area contributed by atoms with Crippen molar-refractivity contribution < 1.29 is 9.47 Å². The molecule has 0 bridgehead atoms. The van der Waals surface area contributed by atoms with E-state index in [4.69, 9.17) is 9.47 Å². The molecule has 3 aromatic heterocycles. The lowest BCUT2D eigenvalue weighted by molar-refractivity contribution is 0.0903. The van der Waals surface area contributed by atoms with Crippen molar-refractivity contribution in [3.8, 4) is 17.0 Å². The van der Waals surface area contributed by atoms with Gasteiger partial charge in [0.2, 0.25) is 5.95 Å². The molecule has 0 spiro atoms. The standard InChI is InChI=1S/C22H23N7O2/c1-30-18-4-2-15(3-5-18)12-20-27-28-21-13-16(14-24-29(20)21)19-6-9-23-22(26-19)25-17-7-10-31-11-8-17/h2-6,9,13-14,17H,7-8,10-12H2,1H3,(H,23,25,26). The number of nitrogens with zero attached hydrogens (tertiary/aromatic N) is 6. The summed E-state index contributed by atoms with van der Waals surface area (Å²) >= 11 is 0. The minimum atomic E-state index is 0.335. The summed E-state index contributed by atoms with van der Waals surface area (Å²) in [4.78, 5) is 9.02. The second-order valence-electron chi connectivity index (χ2n) is 7.45. The Morgan fingerprint density at radius 2 is 1.97 bits per heavy atom.